The fraction of sp³-hybridized carbons (Fsp3) is 0.692. The molecule has 2 heterocycles. The van der Waals surface area contributed by atoms with E-state index < -0.39 is 0 Å². The lowest BCUT2D eigenvalue weighted by Crippen LogP contribution is -2.44. The molecule has 4 nitrogen and oxygen atoms in total. The Hall–Kier alpha value is -0.360. The largest absolute Gasteiger partial charge is 0.453 e. The van der Waals surface area contributed by atoms with Crippen molar-refractivity contribution in [2.45, 2.75) is 25.9 Å². The Balaban J connectivity index is 1.77. The summed E-state index contributed by atoms with van der Waals surface area (Å²) in [7, 11) is 0. The van der Waals surface area contributed by atoms with E-state index in [1.807, 2.05) is 12.1 Å². The average molecular weight is 317 g/mol. The summed E-state index contributed by atoms with van der Waals surface area (Å²) in [6.45, 7) is 9.17. The number of hydrogen-bond donors (Lipinski definition) is 1. The summed E-state index contributed by atoms with van der Waals surface area (Å²) in [6, 6.07) is 4.60. The molecule has 1 N–H and O–H groups in total. The Morgan fingerprint density at radius 3 is 2.67 bits per heavy atom. The molecule has 0 radical (unpaired) electrons. The van der Waals surface area contributed by atoms with Gasteiger partial charge in [0.05, 0.1) is 19.3 Å². The van der Waals surface area contributed by atoms with Crippen LogP contribution in [0.25, 0.3) is 0 Å². The number of furan rings is 1. The van der Waals surface area contributed by atoms with Gasteiger partial charge >= 0.3 is 0 Å². The molecule has 102 valence electrons. The first-order valence-electron chi connectivity index (χ1n) is 6.46. The van der Waals surface area contributed by atoms with Crippen molar-refractivity contribution in [2.75, 3.05) is 32.8 Å². The van der Waals surface area contributed by atoms with E-state index >= 15 is 0 Å². The van der Waals surface area contributed by atoms with E-state index in [4.69, 9.17) is 9.15 Å². The number of hydrogen-bond acceptors (Lipinski definition) is 4. The molecule has 5 heteroatoms. The fourth-order valence-corrected chi connectivity index (χ4v) is 2.61. The number of morpholine rings is 1. The highest BCUT2D eigenvalue weighted by Crippen LogP contribution is 2.20. The SMILES string of the molecule is CC(CN1CCOCC1)NC(C)c1ccc(Br)o1. The standard InChI is InChI=1S/C13H21BrN2O2/c1-10(9-16-5-7-17-8-6-16)15-11(2)12-3-4-13(14)18-12/h3-4,10-11,15H,5-9H2,1-2H3. The maximum absolute atomic E-state index is 5.56. The van der Waals surface area contributed by atoms with Crippen LogP contribution >= 0.6 is 15.9 Å². The Kier molecular flexibility index (Phi) is 5.24. The quantitative estimate of drug-likeness (QED) is 0.905. The van der Waals surface area contributed by atoms with E-state index in [1.54, 1.807) is 0 Å². The van der Waals surface area contributed by atoms with Gasteiger partial charge in [-0.15, -0.1) is 0 Å². The minimum atomic E-state index is 0.229. The Bertz CT molecular complexity index is 364. The van der Waals surface area contributed by atoms with E-state index in [2.05, 4.69) is 40.0 Å². The van der Waals surface area contributed by atoms with Gasteiger partial charge in [0.15, 0.2) is 4.67 Å². The molecule has 1 fully saturated rings. The van der Waals surface area contributed by atoms with Crippen LogP contribution in [0.4, 0.5) is 0 Å². The van der Waals surface area contributed by atoms with Gasteiger partial charge in [-0.25, -0.2) is 0 Å². The average Bonchev–Trinajstić information content (AvgIpc) is 2.77. The van der Waals surface area contributed by atoms with Crippen LogP contribution in [0, 0.1) is 0 Å². The molecular formula is C13H21BrN2O2. The van der Waals surface area contributed by atoms with E-state index in [9.17, 15) is 0 Å². The van der Waals surface area contributed by atoms with Crippen molar-refractivity contribution in [2.24, 2.45) is 0 Å². The smallest absolute Gasteiger partial charge is 0.169 e. The predicted molar refractivity (Wildman–Crippen MR) is 74.7 cm³/mol. The molecule has 1 aliphatic heterocycles. The van der Waals surface area contributed by atoms with Crippen LogP contribution in [0.3, 0.4) is 0 Å². The summed E-state index contributed by atoms with van der Waals surface area (Å²) >= 11 is 3.33. The van der Waals surface area contributed by atoms with Crippen molar-refractivity contribution in [1.29, 1.82) is 0 Å². The van der Waals surface area contributed by atoms with Crippen molar-refractivity contribution in [3.63, 3.8) is 0 Å². The van der Waals surface area contributed by atoms with Crippen molar-refractivity contribution >= 4 is 15.9 Å². The van der Waals surface area contributed by atoms with E-state index in [0.29, 0.717) is 6.04 Å². The molecule has 0 bridgehead atoms. The van der Waals surface area contributed by atoms with Crippen molar-refractivity contribution in [3.8, 4) is 0 Å². The fourth-order valence-electron chi connectivity index (χ4n) is 2.29. The van der Waals surface area contributed by atoms with Crippen LogP contribution in [-0.4, -0.2) is 43.8 Å². The van der Waals surface area contributed by atoms with Gasteiger partial charge in [0.1, 0.15) is 5.76 Å². The number of nitrogens with zero attached hydrogens (tertiary/aromatic N) is 1. The molecule has 1 aromatic rings. The van der Waals surface area contributed by atoms with Gasteiger partial charge in [0.25, 0.3) is 0 Å². The summed E-state index contributed by atoms with van der Waals surface area (Å²) < 4.78 is 11.7. The predicted octanol–water partition coefficient (Wildman–Crippen LogP) is 2.41. The topological polar surface area (TPSA) is 37.6 Å². The first-order valence-corrected chi connectivity index (χ1v) is 7.26. The van der Waals surface area contributed by atoms with Crippen molar-refractivity contribution in [3.05, 3.63) is 22.6 Å². The molecule has 0 amide bonds. The van der Waals surface area contributed by atoms with Gasteiger partial charge in [0, 0.05) is 25.7 Å². The van der Waals surface area contributed by atoms with E-state index in [1.165, 1.54) is 0 Å². The number of nitrogens with one attached hydrogen (secondary N) is 1. The first-order chi connectivity index (χ1) is 8.65. The zero-order chi connectivity index (χ0) is 13.0. The van der Waals surface area contributed by atoms with E-state index in [-0.39, 0.29) is 6.04 Å². The molecule has 1 aliphatic rings. The second-order valence-corrected chi connectivity index (χ2v) is 5.63. The third kappa shape index (κ3) is 4.09. The van der Waals surface area contributed by atoms with Crippen LogP contribution in [-0.2, 0) is 4.74 Å². The maximum atomic E-state index is 5.56. The monoisotopic (exact) mass is 316 g/mol. The van der Waals surface area contributed by atoms with Crippen LogP contribution in [0.5, 0.6) is 0 Å². The molecule has 2 unspecified atom stereocenters. The van der Waals surface area contributed by atoms with Crippen molar-refractivity contribution < 1.29 is 9.15 Å². The molecule has 18 heavy (non-hydrogen) atoms. The van der Waals surface area contributed by atoms with Gasteiger partial charge < -0.3 is 14.5 Å². The Labute approximate surface area is 117 Å². The highest BCUT2D eigenvalue weighted by molar-refractivity contribution is 9.10. The molecule has 2 rings (SSSR count). The molecule has 1 saturated heterocycles. The van der Waals surface area contributed by atoms with Gasteiger partial charge in [-0.1, -0.05) is 0 Å². The highest BCUT2D eigenvalue weighted by atomic mass is 79.9. The van der Waals surface area contributed by atoms with E-state index in [0.717, 1.165) is 43.3 Å². The zero-order valence-electron chi connectivity index (χ0n) is 11.0. The third-order valence-corrected chi connectivity index (χ3v) is 3.62. The molecule has 2 atom stereocenters. The van der Waals surface area contributed by atoms with Gasteiger partial charge in [-0.05, 0) is 41.9 Å². The lowest BCUT2D eigenvalue weighted by molar-refractivity contribution is 0.0338. The minimum absolute atomic E-state index is 0.229. The van der Waals surface area contributed by atoms with Gasteiger partial charge in [0.2, 0.25) is 0 Å². The summed E-state index contributed by atoms with van der Waals surface area (Å²) in [4.78, 5) is 2.44. The summed E-state index contributed by atoms with van der Waals surface area (Å²) in [5.74, 6) is 0.968. The third-order valence-electron chi connectivity index (χ3n) is 3.19. The van der Waals surface area contributed by atoms with Crippen LogP contribution in [0.1, 0.15) is 25.6 Å². The number of rotatable bonds is 5. The van der Waals surface area contributed by atoms with Crippen molar-refractivity contribution in [1.82, 2.24) is 10.2 Å². The number of ether oxygens (including phenoxy) is 1. The molecule has 0 aromatic carbocycles. The summed E-state index contributed by atoms with van der Waals surface area (Å²) in [5.41, 5.74) is 0. The van der Waals surface area contributed by atoms with Crippen LogP contribution in [0.15, 0.2) is 21.2 Å². The first kappa shape index (κ1) is 14.1. The van der Waals surface area contributed by atoms with Gasteiger partial charge in [-0.3, -0.25) is 4.90 Å². The van der Waals surface area contributed by atoms with Crippen LogP contribution < -0.4 is 5.32 Å². The Morgan fingerprint density at radius 1 is 1.33 bits per heavy atom. The second-order valence-electron chi connectivity index (χ2n) is 4.84. The lowest BCUT2D eigenvalue weighted by atomic mass is 10.2. The second kappa shape index (κ2) is 6.70. The Morgan fingerprint density at radius 2 is 2.06 bits per heavy atom. The normalized spacial score (nSPS) is 20.8. The minimum Gasteiger partial charge on any atom is -0.453 e. The molecule has 0 spiro atoms. The molecule has 0 saturated carbocycles. The lowest BCUT2D eigenvalue weighted by Gasteiger charge is -2.30. The summed E-state index contributed by atoms with van der Waals surface area (Å²) in [6.07, 6.45) is 0. The maximum Gasteiger partial charge on any atom is 0.169 e. The number of halogens is 1. The van der Waals surface area contributed by atoms with Gasteiger partial charge in [-0.2, -0.15) is 0 Å². The zero-order valence-corrected chi connectivity index (χ0v) is 12.6. The molecule has 1 aromatic heterocycles. The summed E-state index contributed by atoms with van der Waals surface area (Å²) in [5, 5.41) is 3.56. The molecular weight excluding hydrogens is 296 g/mol. The van der Waals surface area contributed by atoms with Crippen LogP contribution in [0.2, 0.25) is 0 Å². The molecule has 0 aliphatic carbocycles. The highest BCUT2D eigenvalue weighted by Gasteiger charge is 2.17.